The van der Waals surface area contributed by atoms with Crippen molar-refractivity contribution in [3.05, 3.63) is 11.7 Å². The predicted molar refractivity (Wildman–Crippen MR) is 94.4 cm³/mol. The van der Waals surface area contributed by atoms with E-state index >= 15 is 0 Å². The summed E-state index contributed by atoms with van der Waals surface area (Å²) in [6, 6.07) is 0.215. The minimum Gasteiger partial charge on any atom is -0.356 e. The van der Waals surface area contributed by atoms with Gasteiger partial charge in [-0.2, -0.15) is 4.98 Å². The largest absolute Gasteiger partial charge is 0.356 e. The lowest BCUT2D eigenvalue weighted by Gasteiger charge is -2.19. The minimum atomic E-state index is 0. The summed E-state index contributed by atoms with van der Waals surface area (Å²) in [6.07, 6.45) is 6.38. The third kappa shape index (κ3) is 4.48. The van der Waals surface area contributed by atoms with Crippen molar-refractivity contribution >= 4 is 18.3 Å². The van der Waals surface area contributed by atoms with Gasteiger partial charge in [0.2, 0.25) is 11.8 Å². The van der Waals surface area contributed by atoms with Crippen LogP contribution < -0.4 is 10.6 Å². The van der Waals surface area contributed by atoms with Gasteiger partial charge in [0.25, 0.3) is 0 Å². The maximum Gasteiger partial charge on any atom is 0.229 e. The molecule has 6 nitrogen and oxygen atoms in total. The van der Waals surface area contributed by atoms with Crippen LogP contribution in [0.15, 0.2) is 4.52 Å². The molecular formula is C17H29ClN4O2. The van der Waals surface area contributed by atoms with Gasteiger partial charge in [-0.3, -0.25) is 4.79 Å². The molecule has 2 N–H and O–H groups in total. The first kappa shape index (κ1) is 19.2. The van der Waals surface area contributed by atoms with Gasteiger partial charge in [0, 0.05) is 24.4 Å². The SMILES string of the molecule is CC(C)c1noc(C2CC3NCCCCCCNC(=O)C3C2)n1.Cl. The Morgan fingerprint density at radius 3 is 2.58 bits per heavy atom. The molecule has 3 rings (SSSR count). The number of nitrogens with zero attached hydrogens (tertiary/aromatic N) is 2. The molecule has 1 saturated heterocycles. The molecule has 1 amide bonds. The quantitative estimate of drug-likeness (QED) is 0.851. The van der Waals surface area contributed by atoms with Crippen molar-refractivity contribution < 1.29 is 9.32 Å². The summed E-state index contributed by atoms with van der Waals surface area (Å²) in [4.78, 5) is 17.0. The maximum atomic E-state index is 12.5. The Bertz CT molecular complexity index is 534. The van der Waals surface area contributed by atoms with Crippen LogP contribution in [0.4, 0.5) is 0 Å². The van der Waals surface area contributed by atoms with Crippen LogP contribution in [0.5, 0.6) is 0 Å². The molecule has 2 heterocycles. The van der Waals surface area contributed by atoms with E-state index in [9.17, 15) is 4.79 Å². The molecule has 1 saturated carbocycles. The second kappa shape index (κ2) is 8.81. The average Bonchev–Trinajstić information content (AvgIpc) is 3.15. The molecular weight excluding hydrogens is 328 g/mol. The molecule has 1 aromatic heterocycles. The Morgan fingerprint density at radius 1 is 1.12 bits per heavy atom. The lowest BCUT2D eigenvalue weighted by molar-refractivity contribution is -0.125. The molecule has 0 radical (unpaired) electrons. The number of rotatable bonds is 2. The monoisotopic (exact) mass is 356 g/mol. The number of carbonyl (C=O) groups is 1. The first-order valence-corrected chi connectivity index (χ1v) is 8.99. The van der Waals surface area contributed by atoms with Gasteiger partial charge in [-0.25, -0.2) is 0 Å². The second-order valence-corrected chi connectivity index (χ2v) is 7.19. The van der Waals surface area contributed by atoms with Crippen LogP contribution in [-0.4, -0.2) is 35.2 Å². The first-order chi connectivity index (χ1) is 11.1. The van der Waals surface area contributed by atoms with Gasteiger partial charge in [0.15, 0.2) is 5.82 Å². The van der Waals surface area contributed by atoms with E-state index in [4.69, 9.17) is 4.52 Å². The summed E-state index contributed by atoms with van der Waals surface area (Å²) >= 11 is 0. The fourth-order valence-corrected chi connectivity index (χ4v) is 3.64. The molecule has 24 heavy (non-hydrogen) atoms. The molecule has 0 bridgehead atoms. The van der Waals surface area contributed by atoms with Gasteiger partial charge in [-0.05, 0) is 32.2 Å². The van der Waals surface area contributed by atoms with Gasteiger partial charge in [-0.15, -0.1) is 12.4 Å². The number of aromatic nitrogens is 2. The van der Waals surface area contributed by atoms with Gasteiger partial charge >= 0.3 is 0 Å². The lowest BCUT2D eigenvalue weighted by Crippen LogP contribution is -2.41. The third-order valence-electron chi connectivity index (χ3n) is 5.03. The van der Waals surface area contributed by atoms with Gasteiger partial charge in [0.05, 0.1) is 5.92 Å². The highest BCUT2D eigenvalue weighted by Gasteiger charge is 2.41. The fourth-order valence-electron chi connectivity index (χ4n) is 3.64. The van der Waals surface area contributed by atoms with Crippen LogP contribution >= 0.6 is 12.4 Å². The summed E-state index contributed by atoms with van der Waals surface area (Å²) in [6.45, 7) is 5.90. The van der Waals surface area contributed by atoms with E-state index < -0.39 is 0 Å². The van der Waals surface area contributed by atoms with E-state index in [1.807, 2.05) is 0 Å². The number of hydrogen-bond acceptors (Lipinski definition) is 5. The zero-order valence-electron chi connectivity index (χ0n) is 14.6. The topological polar surface area (TPSA) is 80.0 Å². The highest BCUT2D eigenvalue weighted by molar-refractivity contribution is 5.85. The van der Waals surface area contributed by atoms with Crippen LogP contribution in [0.3, 0.4) is 0 Å². The minimum absolute atomic E-state index is 0. The van der Waals surface area contributed by atoms with Crippen LogP contribution in [0.2, 0.25) is 0 Å². The molecule has 2 aliphatic rings. The number of nitrogens with one attached hydrogen (secondary N) is 2. The predicted octanol–water partition coefficient (Wildman–Crippen LogP) is 2.76. The van der Waals surface area contributed by atoms with E-state index in [1.165, 1.54) is 19.3 Å². The highest BCUT2D eigenvalue weighted by Crippen LogP contribution is 2.38. The van der Waals surface area contributed by atoms with Crippen LogP contribution in [0, 0.1) is 5.92 Å². The molecule has 0 aromatic carbocycles. The van der Waals surface area contributed by atoms with Crippen LogP contribution in [-0.2, 0) is 4.79 Å². The molecule has 3 unspecified atom stereocenters. The van der Waals surface area contributed by atoms with Crippen LogP contribution in [0.25, 0.3) is 0 Å². The Kier molecular flexibility index (Phi) is 7.04. The Balaban J connectivity index is 0.00000208. The summed E-state index contributed by atoms with van der Waals surface area (Å²) in [5.74, 6) is 2.09. The van der Waals surface area contributed by atoms with Gasteiger partial charge in [0.1, 0.15) is 0 Å². The number of amides is 1. The average molecular weight is 357 g/mol. The molecule has 2 fully saturated rings. The molecule has 3 atom stereocenters. The standard InChI is InChI=1S/C17H28N4O2.ClH/c1-11(2)15-20-17(23-21-15)12-9-13-14(10-12)18-7-5-3-4-6-8-19-16(13)22;/h11-14,18H,3-10H2,1-2H3,(H,19,22);1H. The van der Waals surface area contributed by atoms with E-state index in [0.717, 1.165) is 38.2 Å². The molecule has 1 aliphatic carbocycles. The van der Waals surface area contributed by atoms with Crippen molar-refractivity contribution in [2.24, 2.45) is 5.92 Å². The molecule has 1 aliphatic heterocycles. The van der Waals surface area contributed by atoms with Crippen molar-refractivity contribution in [3.63, 3.8) is 0 Å². The summed E-state index contributed by atoms with van der Waals surface area (Å²) in [7, 11) is 0. The molecule has 1 aromatic rings. The second-order valence-electron chi connectivity index (χ2n) is 7.19. The van der Waals surface area contributed by atoms with Gasteiger partial charge in [-0.1, -0.05) is 31.8 Å². The van der Waals surface area contributed by atoms with Crippen molar-refractivity contribution in [2.75, 3.05) is 13.1 Å². The zero-order chi connectivity index (χ0) is 16.2. The Labute approximate surface area is 149 Å². The highest BCUT2D eigenvalue weighted by atomic mass is 35.5. The van der Waals surface area contributed by atoms with Crippen molar-refractivity contribution in [2.45, 2.75) is 70.3 Å². The summed E-state index contributed by atoms with van der Waals surface area (Å²) in [5, 5.41) is 10.8. The van der Waals surface area contributed by atoms with Crippen LogP contribution in [0.1, 0.15) is 75.9 Å². The van der Waals surface area contributed by atoms with Crippen molar-refractivity contribution in [3.8, 4) is 0 Å². The number of hydrogen-bond donors (Lipinski definition) is 2. The normalized spacial score (nSPS) is 28.6. The Hall–Kier alpha value is -1.14. The van der Waals surface area contributed by atoms with E-state index in [0.29, 0.717) is 5.89 Å². The third-order valence-corrected chi connectivity index (χ3v) is 5.03. The van der Waals surface area contributed by atoms with Crippen molar-refractivity contribution in [1.29, 1.82) is 0 Å². The van der Waals surface area contributed by atoms with E-state index in [2.05, 4.69) is 34.6 Å². The maximum absolute atomic E-state index is 12.5. The molecule has 7 heteroatoms. The van der Waals surface area contributed by atoms with Crippen molar-refractivity contribution in [1.82, 2.24) is 20.8 Å². The van der Waals surface area contributed by atoms with E-state index in [-0.39, 0.29) is 42.1 Å². The fraction of sp³-hybridized carbons (Fsp3) is 0.824. The van der Waals surface area contributed by atoms with Gasteiger partial charge < -0.3 is 15.2 Å². The lowest BCUT2D eigenvalue weighted by atomic mass is 10.0. The zero-order valence-corrected chi connectivity index (χ0v) is 15.4. The number of carbonyl (C=O) groups excluding carboxylic acids is 1. The summed E-state index contributed by atoms with van der Waals surface area (Å²) < 4.78 is 5.46. The first-order valence-electron chi connectivity index (χ1n) is 8.99. The van der Waals surface area contributed by atoms with E-state index in [1.54, 1.807) is 0 Å². The smallest absolute Gasteiger partial charge is 0.229 e. The Morgan fingerprint density at radius 2 is 1.88 bits per heavy atom. The molecule has 0 spiro atoms. The molecule has 136 valence electrons. The number of halogens is 1. The number of fused-ring (bicyclic) bond motifs is 1. The summed E-state index contributed by atoms with van der Waals surface area (Å²) in [5.41, 5.74) is 0.